The number of amides is 4. The highest BCUT2D eigenvalue weighted by atomic mass is 32.2. The number of rotatable bonds is 19. The zero-order chi connectivity index (χ0) is 27.8. The first-order valence-electron chi connectivity index (χ1n) is 10.9. The molecule has 0 heterocycles. The molecule has 0 aromatic carbocycles. The van der Waals surface area contributed by atoms with Crippen molar-refractivity contribution in [2.45, 2.75) is 69.1 Å². The lowest BCUT2D eigenvalue weighted by Crippen LogP contribution is -2.57. The van der Waals surface area contributed by atoms with E-state index in [2.05, 4.69) is 16.0 Å². The minimum atomic E-state index is -1.61. The second-order valence-electron chi connectivity index (χ2n) is 7.78. The minimum Gasteiger partial charge on any atom is -0.481 e. The second kappa shape index (κ2) is 17.1. The highest BCUT2D eigenvalue weighted by Crippen LogP contribution is 2.06. The maximum Gasteiger partial charge on any atom is 0.326 e. The van der Waals surface area contributed by atoms with Crippen LogP contribution in [0.3, 0.4) is 0 Å². The van der Waals surface area contributed by atoms with Crippen molar-refractivity contribution < 1.29 is 48.9 Å². The molecule has 36 heavy (non-hydrogen) atoms. The van der Waals surface area contributed by atoms with Crippen LogP contribution in [0.4, 0.5) is 0 Å². The first-order chi connectivity index (χ1) is 16.8. The molecule has 0 aromatic heterocycles. The van der Waals surface area contributed by atoms with Crippen molar-refractivity contribution in [2.75, 3.05) is 12.0 Å². The fourth-order valence-corrected chi connectivity index (χ4v) is 3.31. The van der Waals surface area contributed by atoms with Gasteiger partial charge in [-0.1, -0.05) is 0 Å². The third-order valence-electron chi connectivity index (χ3n) is 4.82. The molecule has 10 N–H and O–H groups in total. The molecule has 0 aliphatic rings. The largest absolute Gasteiger partial charge is 0.481 e. The predicted molar refractivity (Wildman–Crippen MR) is 127 cm³/mol. The molecule has 16 heteroatoms. The van der Waals surface area contributed by atoms with Crippen LogP contribution < -0.4 is 27.4 Å². The standard InChI is InChI=1S/C20H33N5O10S/c1-36-9-8-10(21)17(31)23-11(2-5-14(22)26)18(32)24-12(3-6-15(27)28)19(33)25-13(20(34)35)4-7-16(29)30/h10-13H,2-9,21H2,1H3,(H2,22,26)(H,23,31)(H,24,32)(H,25,33)(H,27,28)(H,29,30)(H,34,35). The summed E-state index contributed by atoms with van der Waals surface area (Å²) < 4.78 is 0. The van der Waals surface area contributed by atoms with Crippen LogP contribution >= 0.6 is 11.8 Å². The zero-order valence-corrected chi connectivity index (χ0v) is 20.5. The van der Waals surface area contributed by atoms with Crippen molar-refractivity contribution in [3.8, 4) is 0 Å². The number of carboxylic acid groups (broad SMARTS) is 3. The van der Waals surface area contributed by atoms with Gasteiger partial charge in [-0.3, -0.25) is 28.8 Å². The van der Waals surface area contributed by atoms with Gasteiger partial charge in [-0.25, -0.2) is 4.79 Å². The Morgan fingerprint density at radius 1 is 0.694 bits per heavy atom. The third kappa shape index (κ3) is 14.1. The average molecular weight is 536 g/mol. The molecular formula is C20H33N5O10S. The first-order valence-corrected chi connectivity index (χ1v) is 12.3. The smallest absolute Gasteiger partial charge is 0.326 e. The topological polar surface area (TPSA) is 268 Å². The van der Waals surface area contributed by atoms with E-state index < -0.39 is 91.4 Å². The number of aliphatic carboxylic acids is 3. The maximum atomic E-state index is 12.9. The van der Waals surface area contributed by atoms with E-state index in [1.807, 2.05) is 6.26 Å². The van der Waals surface area contributed by atoms with E-state index in [9.17, 15) is 38.7 Å². The molecule has 4 atom stereocenters. The second-order valence-corrected chi connectivity index (χ2v) is 8.77. The van der Waals surface area contributed by atoms with E-state index >= 15 is 0 Å². The fourth-order valence-electron chi connectivity index (χ4n) is 2.82. The molecule has 0 radical (unpaired) electrons. The number of carbonyl (C=O) groups is 7. The molecule has 0 aromatic rings. The normalized spacial score (nSPS) is 13.9. The van der Waals surface area contributed by atoms with E-state index in [1.165, 1.54) is 11.8 Å². The van der Waals surface area contributed by atoms with Crippen molar-refractivity contribution >= 4 is 53.3 Å². The van der Waals surface area contributed by atoms with Gasteiger partial charge >= 0.3 is 17.9 Å². The van der Waals surface area contributed by atoms with Crippen molar-refractivity contribution in [3.05, 3.63) is 0 Å². The molecule has 0 aliphatic heterocycles. The van der Waals surface area contributed by atoms with Gasteiger partial charge < -0.3 is 42.7 Å². The first kappa shape index (κ1) is 32.6. The molecule has 0 saturated carbocycles. The van der Waals surface area contributed by atoms with E-state index in [1.54, 1.807) is 0 Å². The van der Waals surface area contributed by atoms with E-state index in [-0.39, 0.29) is 12.8 Å². The summed E-state index contributed by atoms with van der Waals surface area (Å²) in [5.41, 5.74) is 10.9. The summed E-state index contributed by atoms with van der Waals surface area (Å²) in [5, 5.41) is 33.7. The number of carboxylic acids is 3. The Labute approximate surface area is 211 Å². The number of hydrogen-bond donors (Lipinski definition) is 8. The van der Waals surface area contributed by atoms with Crippen LogP contribution in [0, 0.1) is 0 Å². The van der Waals surface area contributed by atoms with Gasteiger partial charge in [0.25, 0.3) is 0 Å². The number of nitrogens with two attached hydrogens (primary N) is 2. The van der Waals surface area contributed by atoms with Gasteiger partial charge in [0.1, 0.15) is 18.1 Å². The van der Waals surface area contributed by atoms with Gasteiger partial charge in [-0.2, -0.15) is 11.8 Å². The summed E-state index contributed by atoms with van der Waals surface area (Å²) in [4.78, 5) is 82.3. The van der Waals surface area contributed by atoms with Gasteiger partial charge in [0.05, 0.1) is 6.04 Å². The van der Waals surface area contributed by atoms with Crippen LogP contribution in [-0.4, -0.2) is 93.0 Å². The summed E-state index contributed by atoms with van der Waals surface area (Å²) in [7, 11) is 0. The van der Waals surface area contributed by atoms with Gasteiger partial charge in [-0.05, 0) is 37.7 Å². The Morgan fingerprint density at radius 3 is 1.53 bits per heavy atom. The molecular weight excluding hydrogens is 502 g/mol. The summed E-state index contributed by atoms with van der Waals surface area (Å²) >= 11 is 1.45. The molecule has 4 unspecified atom stereocenters. The Morgan fingerprint density at radius 2 is 1.11 bits per heavy atom. The monoisotopic (exact) mass is 535 g/mol. The number of carbonyl (C=O) groups excluding carboxylic acids is 4. The minimum absolute atomic E-state index is 0.244. The molecule has 0 fully saturated rings. The maximum absolute atomic E-state index is 12.9. The van der Waals surface area contributed by atoms with Crippen molar-refractivity contribution in [1.29, 1.82) is 0 Å². The summed E-state index contributed by atoms with van der Waals surface area (Å²) in [5.74, 6) is -7.05. The van der Waals surface area contributed by atoms with Crippen LogP contribution in [-0.2, 0) is 33.6 Å². The van der Waals surface area contributed by atoms with Crippen LogP contribution in [0.1, 0.15) is 44.9 Å². The SMILES string of the molecule is CSCCC(N)C(=O)NC(CCC(N)=O)C(=O)NC(CCC(=O)O)C(=O)NC(CCC(=O)O)C(=O)O. The molecule has 0 rings (SSSR count). The zero-order valence-electron chi connectivity index (χ0n) is 19.7. The number of nitrogens with one attached hydrogen (secondary N) is 3. The summed E-state index contributed by atoms with van der Waals surface area (Å²) in [6.45, 7) is 0. The lowest BCUT2D eigenvalue weighted by Gasteiger charge is -2.25. The molecule has 0 spiro atoms. The summed E-state index contributed by atoms with van der Waals surface area (Å²) in [6, 6.07) is -5.47. The fraction of sp³-hybridized carbons (Fsp3) is 0.650. The van der Waals surface area contributed by atoms with Gasteiger partial charge in [0.15, 0.2) is 0 Å². The van der Waals surface area contributed by atoms with E-state index in [4.69, 9.17) is 21.7 Å². The van der Waals surface area contributed by atoms with Crippen molar-refractivity contribution in [1.82, 2.24) is 16.0 Å². The highest BCUT2D eigenvalue weighted by Gasteiger charge is 2.31. The highest BCUT2D eigenvalue weighted by molar-refractivity contribution is 7.98. The number of primary amides is 1. The molecule has 15 nitrogen and oxygen atoms in total. The molecule has 0 aliphatic carbocycles. The Bertz CT molecular complexity index is 825. The average Bonchev–Trinajstić information content (AvgIpc) is 2.79. The molecule has 4 amide bonds. The number of thioether (sulfide) groups is 1. The van der Waals surface area contributed by atoms with Crippen LogP contribution in [0.25, 0.3) is 0 Å². The van der Waals surface area contributed by atoms with Crippen molar-refractivity contribution in [3.63, 3.8) is 0 Å². The van der Waals surface area contributed by atoms with Crippen LogP contribution in [0.5, 0.6) is 0 Å². The Kier molecular flexibility index (Phi) is 15.5. The van der Waals surface area contributed by atoms with Gasteiger partial charge in [-0.15, -0.1) is 0 Å². The quantitative estimate of drug-likeness (QED) is 0.0860. The predicted octanol–water partition coefficient (Wildman–Crippen LogP) is -2.40. The lowest BCUT2D eigenvalue weighted by atomic mass is 10.1. The number of hydrogen-bond acceptors (Lipinski definition) is 9. The van der Waals surface area contributed by atoms with Crippen LogP contribution in [0.2, 0.25) is 0 Å². The van der Waals surface area contributed by atoms with Crippen molar-refractivity contribution in [2.24, 2.45) is 11.5 Å². The van der Waals surface area contributed by atoms with Gasteiger partial charge in [0.2, 0.25) is 23.6 Å². The van der Waals surface area contributed by atoms with E-state index in [0.29, 0.717) is 12.2 Å². The molecule has 0 bridgehead atoms. The Balaban J connectivity index is 5.61. The molecule has 0 saturated heterocycles. The van der Waals surface area contributed by atoms with Crippen LogP contribution in [0.15, 0.2) is 0 Å². The summed E-state index contributed by atoms with van der Waals surface area (Å²) in [6.07, 6.45) is -0.486. The third-order valence-corrected chi connectivity index (χ3v) is 5.47. The lowest BCUT2D eigenvalue weighted by molar-refractivity contribution is -0.144. The van der Waals surface area contributed by atoms with E-state index in [0.717, 1.165) is 0 Å². The molecule has 204 valence electrons. The van der Waals surface area contributed by atoms with Gasteiger partial charge in [0, 0.05) is 19.3 Å². The Hall–Kier alpha value is -3.40.